The first kappa shape index (κ1) is 20.5. The summed E-state index contributed by atoms with van der Waals surface area (Å²) in [4.78, 5) is 4.14. The number of hydrogen-bond acceptors (Lipinski definition) is 7. The molecule has 3 N–H and O–H groups in total. The van der Waals surface area contributed by atoms with E-state index in [1.54, 1.807) is 36.4 Å². The quantitative estimate of drug-likeness (QED) is 0.382. The van der Waals surface area contributed by atoms with Crippen molar-refractivity contribution >= 4 is 22.0 Å². The van der Waals surface area contributed by atoms with Crippen LogP contribution < -0.4 is 20.1 Å². The molecule has 1 aliphatic heterocycles. The molecule has 4 rings (SSSR count). The van der Waals surface area contributed by atoms with Gasteiger partial charge in [0.05, 0.1) is 4.90 Å². The first-order chi connectivity index (χ1) is 14.9. The monoisotopic (exact) mass is 437 g/mol. The fraction of sp³-hybridized carbons (Fsp3) is 0.0455. The van der Waals surface area contributed by atoms with E-state index < -0.39 is 16.1 Å². The molecule has 9 heteroatoms. The van der Waals surface area contributed by atoms with E-state index in [1.165, 1.54) is 24.4 Å². The van der Waals surface area contributed by atoms with Gasteiger partial charge in [0.2, 0.25) is 5.88 Å². The molecule has 1 aliphatic rings. The predicted molar refractivity (Wildman–Crippen MR) is 116 cm³/mol. The van der Waals surface area contributed by atoms with Crippen molar-refractivity contribution < 1.29 is 22.4 Å². The van der Waals surface area contributed by atoms with Crippen molar-refractivity contribution in [3.05, 3.63) is 96.9 Å². The number of nitrogens with one attached hydrogen (secondary N) is 2. The largest absolute Gasteiger partial charge is 0.441 e. The smallest absolute Gasteiger partial charge is 0.369 e. The Kier molecular flexibility index (Phi) is 5.61. The average Bonchev–Trinajstić information content (AvgIpc) is 2.75. The number of rotatable bonds is 7. The van der Waals surface area contributed by atoms with Crippen LogP contribution in [-0.4, -0.2) is 25.2 Å². The van der Waals surface area contributed by atoms with Crippen LogP contribution in [0.25, 0.3) is 0 Å². The summed E-state index contributed by atoms with van der Waals surface area (Å²) in [6.07, 6.45) is 3.15. The number of benzene rings is 3. The Labute approximate surface area is 179 Å². The van der Waals surface area contributed by atoms with E-state index in [0.717, 1.165) is 0 Å². The molecule has 0 saturated carbocycles. The maximum atomic E-state index is 11.5. The molecule has 8 nitrogen and oxygen atoms in total. The van der Waals surface area contributed by atoms with Gasteiger partial charge in [-0.15, -0.1) is 0 Å². The Balaban J connectivity index is 1.65. The Morgan fingerprint density at radius 1 is 0.903 bits per heavy atom. The van der Waals surface area contributed by atoms with Gasteiger partial charge >= 0.3 is 5.97 Å². The summed E-state index contributed by atoms with van der Waals surface area (Å²) in [5.74, 6) is -0.0708. The van der Waals surface area contributed by atoms with Crippen molar-refractivity contribution in [3.63, 3.8) is 0 Å². The zero-order valence-corrected chi connectivity index (χ0v) is 17.0. The van der Waals surface area contributed by atoms with Gasteiger partial charge in [-0.05, 0) is 42.5 Å². The van der Waals surface area contributed by atoms with E-state index in [0.29, 0.717) is 23.1 Å². The molecule has 0 fully saturated rings. The minimum Gasteiger partial charge on any atom is -0.441 e. The fourth-order valence-electron chi connectivity index (χ4n) is 2.86. The summed E-state index contributed by atoms with van der Waals surface area (Å²) in [5.41, 5.74) is 0.344. The van der Waals surface area contributed by atoms with Crippen LogP contribution in [0.2, 0.25) is 0 Å². The van der Waals surface area contributed by atoms with E-state index in [-0.39, 0.29) is 4.90 Å². The third kappa shape index (κ3) is 5.21. The van der Waals surface area contributed by atoms with Crippen molar-refractivity contribution in [3.8, 4) is 11.5 Å². The summed E-state index contributed by atoms with van der Waals surface area (Å²) in [6, 6.07) is 23.8. The van der Waals surface area contributed by atoms with E-state index in [9.17, 15) is 13.0 Å². The highest BCUT2D eigenvalue weighted by atomic mass is 32.2. The van der Waals surface area contributed by atoms with Crippen LogP contribution in [0.3, 0.4) is 0 Å². The predicted octanol–water partition coefficient (Wildman–Crippen LogP) is 3.63. The second-order valence-electron chi connectivity index (χ2n) is 6.54. The van der Waals surface area contributed by atoms with Gasteiger partial charge in [0.1, 0.15) is 11.5 Å². The third-order valence-corrected chi connectivity index (χ3v) is 5.05. The van der Waals surface area contributed by atoms with E-state index in [4.69, 9.17) is 9.47 Å². The molecule has 1 heterocycles. The molecule has 0 aliphatic carbocycles. The molecule has 1 unspecified atom stereocenters. The number of anilines is 1. The van der Waals surface area contributed by atoms with Crippen LogP contribution in [0.4, 0.5) is 5.69 Å². The van der Waals surface area contributed by atoms with Gasteiger partial charge in [-0.3, -0.25) is 9.87 Å². The van der Waals surface area contributed by atoms with E-state index in [2.05, 4.69) is 15.6 Å². The zero-order chi connectivity index (χ0) is 21.7. The van der Waals surface area contributed by atoms with Gasteiger partial charge in [0.15, 0.2) is 0 Å². The molecular formula is C22H19N3O5S. The van der Waals surface area contributed by atoms with Gasteiger partial charge in [-0.1, -0.05) is 42.5 Å². The molecule has 3 aromatic rings. The van der Waals surface area contributed by atoms with Crippen LogP contribution in [-0.2, 0) is 10.1 Å². The van der Waals surface area contributed by atoms with E-state index in [1.807, 2.05) is 36.4 Å². The molecule has 0 saturated heterocycles. The first-order valence-corrected chi connectivity index (χ1v) is 10.7. The summed E-state index contributed by atoms with van der Waals surface area (Å²) in [6.45, 7) is 0. The lowest BCUT2D eigenvalue weighted by molar-refractivity contribution is 0.0667. The van der Waals surface area contributed by atoms with Crippen molar-refractivity contribution in [1.82, 2.24) is 5.32 Å². The molecule has 0 amide bonds. The minimum absolute atomic E-state index is 0.261. The first-order valence-electron chi connectivity index (χ1n) is 9.28. The molecule has 0 spiro atoms. The molecule has 31 heavy (non-hydrogen) atoms. The summed E-state index contributed by atoms with van der Waals surface area (Å²) < 4.78 is 44.4. The van der Waals surface area contributed by atoms with Crippen LogP contribution >= 0.6 is 0 Å². The lowest BCUT2D eigenvalue weighted by Crippen LogP contribution is -2.56. The molecule has 1 atom stereocenters. The summed E-state index contributed by atoms with van der Waals surface area (Å²) in [7, 11) is -4.37. The van der Waals surface area contributed by atoms with Crippen LogP contribution in [0.1, 0.15) is 0 Å². The number of hydrogen-bond donors (Lipinski definition) is 3. The number of nitrogens with zero attached hydrogens (tertiary/aromatic N) is 1. The van der Waals surface area contributed by atoms with Crippen molar-refractivity contribution in [2.24, 2.45) is 4.99 Å². The number of aliphatic imine (C=N–C) groups is 1. The van der Waals surface area contributed by atoms with Crippen molar-refractivity contribution in [1.29, 1.82) is 0 Å². The maximum Gasteiger partial charge on any atom is 0.369 e. The van der Waals surface area contributed by atoms with Crippen LogP contribution in [0, 0.1) is 0 Å². The standard InChI is InChI=1S/C22H19N3O5S/c26-31(27,28)20-13-7-8-17(16-20)24-22(30-19-11-5-2-6-12-19)23-15-14-21(25-22)29-18-9-3-1-4-10-18/h1-16,24-25H,(H,26,27,28). The molecule has 0 radical (unpaired) electrons. The number of allylic oxidation sites excluding steroid dienone is 1. The average molecular weight is 437 g/mol. The van der Waals surface area contributed by atoms with Crippen molar-refractivity contribution in [2.45, 2.75) is 10.9 Å². The third-order valence-electron chi connectivity index (χ3n) is 4.20. The normalized spacial score (nSPS) is 17.9. The second-order valence-corrected chi connectivity index (χ2v) is 7.96. The Hall–Kier alpha value is -3.82. The number of ether oxygens (including phenoxy) is 2. The van der Waals surface area contributed by atoms with Gasteiger partial charge in [0, 0.05) is 18.0 Å². The highest BCUT2D eigenvalue weighted by molar-refractivity contribution is 7.85. The maximum absolute atomic E-state index is 11.5. The lowest BCUT2D eigenvalue weighted by atomic mass is 10.3. The van der Waals surface area contributed by atoms with E-state index >= 15 is 0 Å². The molecule has 3 aromatic carbocycles. The highest BCUT2D eigenvalue weighted by Crippen LogP contribution is 2.25. The Morgan fingerprint density at radius 3 is 2.26 bits per heavy atom. The Morgan fingerprint density at radius 2 is 1.58 bits per heavy atom. The molecule has 158 valence electrons. The fourth-order valence-corrected chi connectivity index (χ4v) is 3.38. The topological polar surface area (TPSA) is 109 Å². The van der Waals surface area contributed by atoms with Gasteiger partial charge in [-0.25, -0.2) is 4.99 Å². The van der Waals surface area contributed by atoms with Crippen LogP contribution in [0.15, 0.2) is 107 Å². The Bertz CT molecular complexity index is 1210. The minimum atomic E-state index is -4.37. The SMILES string of the molecule is O=S(=O)(O)c1cccc(NC2(Oc3ccccc3)N=CC=C(Oc3ccccc3)N2)c1. The van der Waals surface area contributed by atoms with Crippen LogP contribution in [0.5, 0.6) is 11.5 Å². The summed E-state index contributed by atoms with van der Waals surface area (Å²) in [5, 5.41) is 6.11. The van der Waals surface area contributed by atoms with Gasteiger partial charge in [-0.2, -0.15) is 8.42 Å². The summed E-state index contributed by atoms with van der Waals surface area (Å²) >= 11 is 0. The van der Waals surface area contributed by atoms with Gasteiger partial charge in [0.25, 0.3) is 10.1 Å². The molecule has 0 bridgehead atoms. The van der Waals surface area contributed by atoms with Crippen molar-refractivity contribution in [2.75, 3.05) is 5.32 Å². The highest BCUT2D eigenvalue weighted by Gasteiger charge is 2.35. The number of para-hydroxylation sites is 2. The zero-order valence-electron chi connectivity index (χ0n) is 16.2. The molecule has 0 aromatic heterocycles. The lowest BCUT2D eigenvalue weighted by Gasteiger charge is -2.35. The second kappa shape index (κ2) is 8.50. The molecular weight excluding hydrogens is 418 g/mol. The van der Waals surface area contributed by atoms with Gasteiger partial charge < -0.3 is 14.8 Å².